The molecule has 0 radical (unpaired) electrons. The van der Waals surface area contributed by atoms with Gasteiger partial charge in [0, 0.05) is 25.7 Å². The maximum atomic E-state index is 11.9. The molecule has 2 unspecified atom stereocenters. The molecule has 116 valence electrons. The average Bonchev–Trinajstić information content (AvgIpc) is 2.65. The molecule has 1 aromatic carbocycles. The van der Waals surface area contributed by atoms with Gasteiger partial charge in [-0.05, 0) is 43.4 Å². The number of hydrogen-bond donors (Lipinski definition) is 2. The minimum atomic E-state index is -0.0171. The summed E-state index contributed by atoms with van der Waals surface area (Å²) in [6.07, 6.45) is 6.26. The van der Waals surface area contributed by atoms with E-state index in [1.807, 2.05) is 12.1 Å². The Kier molecular flexibility index (Phi) is 5.10. The summed E-state index contributed by atoms with van der Waals surface area (Å²) in [4.78, 5) is 13.5. The molecule has 2 atom stereocenters. The van der Waals surface area contributed by atoms with Crippen LogP contribution in [0.4, 0.5) is 11.4 Å². The van der Waals surface area contributed by atoms with Crippen LogP contribution in [-0.2, 0) is 0 Å². The Bertz CT molecular complexity index is 499. The molecule has 0 aromatic heterocycles. The second kappa shape index (κ2) is 6.83. The Hall–Kier alpha value is -1.71. The van der Waals surface area contributed by atoms with Gasteiger partial charge in [0.15, 0.2) is 0 Å². The summed E-state index contributed by atoms with van der Waals surface area (Å²) in [5.74, 6) is 0.811. The van der Waals surface area contributed by atoms with Crippen LogP contribution < -0.4 is 11.1 Å². The molecule has 4 nitrogen and oxygen atoms in total. The molecule has 21 heavy (non-hydrogen) atoms. The molecule has 1 aliphatic rings. The largest absolute Gasteiger partial charge is 0.397 e. The monoisotopic (exact) mass is 289 g/mol. The van der Waals surface area contributed by atoms with Crippen LogP contribution in [0.5, 0.6) is 0 Å². The normalized spacial score (nSPS) is 22.4. The van der Waals surface area contributed by atoms with Crippen molar-refractivity contribution in [2.75, 3.05) is 25.1 Å². The topological polar surface area (TPSA) is 58.4 Å². The van der Waals surface area contributed by atoms with E-state index in [1.165, 1.54) is 32.1 Å². The lowest BCUT2D eigenvalue weighted by molar-refractivity contribution is 0.0827. The smallest absolute Gasteiger partial charge is 0.253 e. The molecule has 1 aliphatic carbocycles. The summed E-state index contributed by atoms with van der Waals surface area (Å²) in [5.41, 5.74) is 8.35. The zero-order chi connectivity index (χ0) is 15.4. The molecule has 0 bridgehead atoms. The summed E-state index contributed by atoms with van der Waals surface area (Å²) in [5, 5.41) is 3.56. The Balaban J connectivity index is 2.05. The average molecular weight is 289 g/mol. The number of nitrogens with one attached hydrogen (secondary N) is 1. The van der Waals surface area contributed by atoms with Crippen molar-refractivity contribution in [2.45, 2.75) is 45.1 Å². The maximum Gasteiger partial charge on any atom is 0.253 e. The van der Waals surface area contributed by atoms with E-state index in [4.69, 9.17) is 5.73 Å². The molecule has 1 saturated carbocycles. The third-order valence-corrected chi connectivity index (χ3v) is 4.32. The third-order valence-electron chi connectivity index (χ3n) is 4.32. The van der Waals surface area contributed by atoms with Gasteiger partial charge >= 0.3 is 0 Å². The summed E-state index contributed by atoms with van der Waals surface area (Å²) >= 11 is 0. The van der Waals surface area contributed by atoms with Crippen LogP contribution >= 0.6 is 0 Å². The van der Waals surface area contributed by atoms with Crippen molar-refractivity contribution in [3.63, 3.8) is 0 Å². The second-order valence-electron chi connectivity index (χ2n) is 6.46. The number of carbonyl (C=O) groups excluding carboxylic acids is 1. The highest BCUT2D eigenvalue weighted by molar-refractivity contribution is 5.95. The molecule has 1 fully saturated rings. The van der Waals surface area contributed by atoms with E-state index >= 15 is 0 Å². The summed E-state index contributed by atoms with van der Waals surface area (Å²) in [6, 6.07) is 6.04. The van der Waals surface area contributed by atoms with E-state index < -0.39 is 0 Å². The van der Waals surface area contributed by atoms with Crippen molar-refractivity contribution in [2.24, 2.45) is 5.92 Å². The lowest BCUT2D eigenvalue weighted by Gasteiger charge is -2.20. The Morgan fingerprint density at radius 2 is 2.00 bits per heavy atom. The molecular formula is C17H27N3O. The fraction of sp³-hybridized carbons (Fsp3) is 0.588. The molecular weight excluding hydrogens is 262 g/mol. The van der Waals surface area contributed by atoms with Gasteiger partial charge in [-0.1, -0.05) is 19.8 Å². The number of hydrogen-bond acceptors (Lipinski definition) is 3. The highest BCUT2D eigenvalue weighted by Crippen LogP contribution is 2.27. The van der Waals surface area contributed by atoms with Crippen LogP contribution in [0.15, 0.2) is 18.2 Å². The second-order valence-corrected chi connectivity index (χ2v) is 6.46. The first-order valence-corrected chi connectivity index (χ1v) is 7.85. The van der Waals surface area contributed by atoms with Crippen molar-refractivity contribution in [3.8, 4) is 0 Å². The zero-order valence-corrected chi connectivity index (χ0v) is 13.4. The lowest BCUT2D eigenvalue weighted by Crippen LogP contribution is -2.22. The van der Waals surface area contributed by atoms with Gasteiger partial charge in [-0.3, -0.25) is 4.79 Å². The summed E-state index contributed by atoms with van der Waals surface area (Å²) < 4.78 is 0. The summed E-state index contributed by atoms with van der Waals surface area (Å²) in [6.45, 7) is 2.33. The first kappa shape index (κ1) is 15.7. The SMILES string of the molecule is CC1CCCC(Nc2ccc(C(=O)N(C)C)cc2N)CC1. The van der Waals surface area contributed by atoms with Gasteiger partial charge < -0.3 is 16.0 Å². The van der Waals surface area contributed by atoms with E-state index in [0.29, 0.717) is 17.3 Å². The number of nitrogens with two attached hydrogens (primary N) is 1. The molecule has 1 aromatic rings. The molecule has 4 heteroatoms. The molecule has 1 amide bonds. The van der Waals surface area contributed by atoms with Gasteiger partial charge in [0.1, 0.15) is 0 Å². The predicted molar refractivity (Wildman–Crippen MR) is 88.5 cm³/mol. The molecule has 0 spiro atoms. The van der Waals surface area contributed by atoms with Crippen LogP contribution in [0, 0.1) is 5.92 Å². The van der Waals surface area contributed by atoms with Gasteiger partial charge in [0.25, 0.3) is 5.91 Å². The molecule has 0 aliphatic heterocycles. The van der Waals surface area contributed by atoms with Crippen LogP contribution in [0.2, 0.25) is 0 Å². The minimum absolute atomic E-state index is 0.0171. The van der Waals surface area contributed by atoms with E-state index in [1.54, 1.807) is 25.1 Å². The lowest BCUT2D eigenvalue weighted by atomic mass is 10.0. The van der Waals surface area contributed by atoms with E-state index in [9.17, 15) is 4.79 Å². The molecule has 2 rings (SSSR count). The van der Waals surface area contributed by atoms with Crippen molar-refractivity contribution >= 4 is 17.3 Å². The molecule has 0 heterocycles. The predicted octanol–water partition coefficient (Wildman–Crippen LogP) is 3.35. The number of amides is 1. The van der Waals surface area contributed by atoms with Crippen molar-refractivity contribution < 1.29 is 4.79 Å². The Labute approximate surface area is 127 Å². The maximum absolute atomic E-state index is 11.9. The fourth-order valence-electron chi connectivity index (χ4n) is 2.94. The number of carbonyl (C=O) groups is 1. The quantitative estimate of drug-likeness (QED) is 0.662. The first-order valence-electron chi connectivity index (χ1n) is 7.85. The minimum Gasteiger partial charge on any atom is -0.397 e. The third kappa shape index (κ3) is 4.13. The highest BCUT2D eigenvalue weighted by atomic mass is 16.2. The van der Waals surface area contributed by atoms with Crippen molar-refractivity contribution in [1.29, 1.82) is 0 Å². The first-order chi connectivity index (χ1) is 9.97. The van der Waals surface area contributed by atoms with Gasteiger partial charge in [0.05, 0.1) is 11.4 Å². The van der Waals surface area contributed by atoms with Gasteiger partial charge in [0.2, 0.25) is 0 Å². The van der Waals surface area contributed by atoms with Crippen molar-refractivity contribution in [1.82, 2.24) is 4.90 Å². The Morgan fingerprint density at radius 3 is 2.67 bits per heavy atom. The van der Waals surface area contributed by atoms with Crippen LogP contribution in [-0.4, -0.2) is 30.9 Å². The summed E-state index contributed by atoms with van der Waals surface area (Å²) in [7, 11) is 3.49. The van der Waals surface area contributed by atoms with Gasteiger partial charge in [-0.25, -0.2) is 0 Å². The molecule has 3 N–H and O–H groups in total. The standard InChI is InChI=1S/C17H27N3O/c1-12-5-4-6-14(9-7-12)19-16-10-8-13(11-15(16)18)17(21)20(2)3/h8,10-12,14,19H,4-7,9,18H2,1-3H3. The highest BCUT2D eigenvalue weighted by Gasteiger charge is 2.17. The van der Waals surface area contributed by atoms with Crippen molar-refractivity contribution in [3.05, 3.63) is 23.8 Å². The number of nitrogen functional groups attached to an aromatic ring is 1. The van der Waals surface area contributed by atoms with E-state index in [-0.39, 0.29) is 5.91 Å². The molecule has 0 saturated heterocycles. The van der Waals surface area contributed by atoms with Crippen LogP contribution in [0.3, 0.4) is 0 Å². The van der Waals surface area contributed by atoms with Crippen LogP contribution in [0.25, 0.3) is 0 Å². The van der Waals surface area contributed by atoms with Crippen LogP contribution in [0.1, 0.15) is 49.4 Å². The number of nitrogens with zero attached hydrogens (tertiary/aromatic N) is 1. The fourth-order valence-corrected chi connectivity index (χ4v) is 2.94. The number of anilines is 2. The van der Waals surface area contributed by atoms with E-state index in [0.717, 1.165) is 11.6 Å². The zero-order valence-electron chi connectivity index (χ0n) is 13.4. The van der Waals surface area contributed by atoms with Gasteiger partial charge in [-0.15, -0.1) is 0 Å². The Morgan fingerprint density at radius 1 is 1.24 bits per heavy atom. The number of rotatable bonds is 3. The number of benzene rings is 1. The van der Waals surface area contributed by atoms with E-state index in [2.05, 4.69) is 12.2 Å². The van der Waals surface area contributed by atoms with Gasteiger partial charge in [-0.2, -0.15) is 0 Å².